The van der Waals surface area contributed by atoms with Crippen molar-refractivity contribution in [1.82, 2.24) is 0 Å². The molecule has 6 aliphatic rings. The summed E-state index contributed by atoms with van der Waals surface area (Å²) in [6, 6.07) is 0. The lowest BCUT2D eigenvalue weighted by Gasteiger charge is -2.54. The first-order valence-corrected chi connectivity index (χ1v) is 19.9. The molecule has 2 aliphatic heterocycles. The molecule has 0 spiro atoms. The number of aliphatic hydroxyl groups excluding tert-OH is 1. The summed E-state index contributed by atoms with van der Waals surface area (Å²) in [4.78, 5) is 0. The molecular weight excluding hydrogens is 592 g/mol. The summed E-state index contributed by atoms with van der Waals surface area (Å²) in [5.74, 6) is 1.45. The van der Waals surface area contributed by atoms with Gasteiger partial charge in [0.2, 0.25) is 0 Å². The summed E-state index contributed by atoms with van der Waals surface area (Å²) in [7, 11) is 0. The van der Waals surface area contributed by atoms with E-state index in [1.165, 1.54) is 38.5 Å². The van der Waals surface area contributed by atoms with E-state index in [4.69, 9.17) is 28.4 Å². The Morgan fingerprint density at radius 2 is 1.09 bits per heavy atom. The van der Waals surface area contributed by atoms with Gasteiger partial charge in [0.15, 0.2) is 0 Å². The minimum Gasteiger partial charge on any atom is -0.396 e. The zero-order chi connectivity index (χ0) is 33.2. The molecule has 7 heteroatoms. The smallest absolute Gasteiger partial charge is 0.0632 e. The predicted molar refractivity (Wildman–Crippen MR) is 184 cm³/mol. The van der Waals surface area contributed by atoms with Crippen molar-refractivity contribution in [2.45, 2.75) is 155 Å². The van der Waals surface area contributed by atoms with Crippen molar-refractivity contribution in [2.75, 3.05) is 59.5 Å². The van der Waals surface area contributed by atoms with Crippen LogP contribution in [0.5, 0.6) is 0 Å². The normalized spacial score (nSPS) is 40.2. The van der Waals surface area contributed by atoms with Gasteiger partial charge in [-0.2, -0.15) is 0 Å². The third-order valence-corrected chi connectivity index (χ3v) is 14.9. The lowest BCUT2D eigenvalue weighted by molar-refractivity contribution is -0.202. The molecule has 6 rings (SSSR count). The van der Waals surface area contributed by atoms with E-state index in [1.54, 1.807) is 0 Å². The summed E-state index contributed by atoms with van der Waals surface area (Å²) in [6.07, 6.45) is 18.3. The first-order chi connectivity index (χ1) is 22.7. The van der Waals surface area contributed by atoms with Crippen molar-refractivity contribution in [2.24, 2.45) is 38.9 Å². The Morgan fingerprint density at radius 1 is 0.596 bits per heavy atom. The zero-order valence-electron chi connectivity index (χ0n) is 30.8. The Labute approximate surface area is 286 Å². The van der Waals surface area contributed by atoms with Crippen LogP contribution < -0.4 is 0 Å². The van der Waals surface area contributed by atoms with E-state index < -0.39 is 0 Å². The van der Waals surface area contributed by atoms with Gasteiger partial charge in [-0.3, -0.25) is 0 Å². The standard InChI is InChI=1S/C40H70O7/c1-6-36(21-41,26-44-32-15-30-12-14-35(40(10-5,18-30)19-32)47-29-38(8-3)24-43-25-38)27-46-34-13-11-31-16-33(20-39(34,9-4)17-31)45-28-37(7-2)22-42-23-37/h30-35,41H,6-29H2,1-5H3. The van der Waals surface area contributed by atoms with Gasteiger partial charge in [-0.05, 0) is 119 Å². The second kappa shape index (κ2) is 15.1. The number of fused-ring (bicyclic) bond motifs is 4. The summed E-state index contributed by atoms with van der Waals surface area (Å²) >= 11 is 0. The van der Waals surface area contributed by atoms with Crippen LogP contribution in [0.2, 0.25) is 0 Å². The van der Waals surface area contributed by atoms with Crippen molar-refractivity contribution in [3.8, 4) is 0 Å². The highest BCUT2D eigenvalue weighted by molar-refractivity contribution is 5.02. The average molecular weight is 663 g/mol. The van der Waals surface area contributed by atoms with Gasteiger partial charge in [0.05, 0.1) is 83.9 Å². The van der Waals surface area contributed by atoms with Crippen LogP contribution in [0.1, 0.15) is 131 Å². The van der Waals surface area contributed by atoms with Crippen LogP contribution in [0.4, 0.5) is 0 Å². The van der Waals surface area contributed by atoms with Gasteiger partial charge in [-0.1, -0.05) is 34.6 Å². The Balaban J connectivity index is 1.05. The molecule has 0 aromatic heterocycles. The Kier molecular flexibility index (Phi) is 11.8. The van der Waals surface area contributed by atoms with Crippen molar-refractivity contribution in [1.29, 1.82) is 0 Å². The molecule has 0 aromatic rings. The maximum absolute atomic E-state index is 10.9. The van der Waals surface area contributed by atoms with Gasteiger partial charge in [0, 0.05) is 16.2 Å². The molecule has 272 valence electrons. The number of hydrogen-bond acceptors (Lipinski definition) is 7. The summed E-state index contributed by atoms with van der Waals surface area (Å²) in [6.45, 7) is 17.7. The maximum Gasteiger partial charge on any atom is 0.0632 e. The van der Waals surface area contributed by atoms with Gasteiger partial charge >= 0.3 is 0 Å². The Morgan fingerprint density at radius 3 is 1.53 bits per heavy atom. The molecular formula is C40H70O7. The molecule has 7 nitrogen and oxygen atoms in total. The van der Waals surface area contributed by atoms with Crippen LogP contribution in [0.3, 0.4) is 0 Å². The Bertz CT molecular complexity index is 980. The second-order valence-electron chi connectivity index (χ2n) is 17.8. The van der Waals surface area contributed by atoms with E-state index in [-0.39, 0.29) is 45.9 Å². The van der Waals surface area contributed by atoms with Gasteiger partial charge in [-0.25, -0.2) is 0 Å². The fourth-order valence-electron chi connectivity index (χ4n) is 10.6. The highest BCUT2D eigenvalue weighted by Gasteiger charge is 2.52. The van der Waals surface area contributed by atoms with Gasteiger partial charge < -0.3 is 33.5 Å². The van der Waals surface area contributed by atoms with E-state index in [0.717, 1.165) is 103 Å². The van der Waals surface area contributed by atoms with E-state index in [9.17, 15) is 5.11 Å². The number of aliphatic hydroxyl groups is 1. The fourth-order valence-corrected chi connectivity index (χ4v) is 10.6. The van der Waals surface area contributed by atoms with Gasteiger partial charge in [0.25, 0.3) is 0 Å². The van der Waals surface area contributed by atoms with E-state index in [0.29, 0.717) is 31.3 Å². The van der Waals surface area contributed by atoms with Crippen LogP contribution in [-0.4, -0.2) is 89.0 Å². The molecule has 9 unspecified atom stereocenters. The minimum absolute atomic E-state index is 0.104. The topological polar surface area (TPSA) is 75.6 Å². The average Bonchev–Trinajstić information content (AvgIpc) is 3.06. The van der Waals surface area contributed by atoms with Crippen molar-refractivity contribution in [3.05, 3.63) is 0 Å². The van der Waals surface area contributed by atoms with Crippen LogP contribution in [0.15, 0.2) is 0 Å². The fraction of sp³-hybridized carbons (Fsp3) is 1.00. The second-order valence-corrected chi connectivity index (χ2v) is 17.8. The van der Waals surface area contributed by atoms with Gasteiger partial charge in [0.1, 0.15) is 0 Å². The monoisotopic (exact) mass is 663 g/mol. The summed E-state index contributed by atoms with van der Waals surface area (Å²) in [5.41, 5.74) is 0.456. The maximum atomic E-state index is 10.9. The molecule has 4 bridgehead atoms. The number of hydrogen-bond donors (Lipinski definition) is 1. The molecule has 2 saturated heterocycles. The van der Waals surface area contributed by atoms with E-state index in [1.807, 2.05) is 0 Å². The first kappa shape index (κ1) is 36.5. The SMILES string of the molecule is CCC1(COC2CC3CCC(OCC(CC)(CO)COC4CC5CCC(OCC6(CC)COC6)C(CC)(C5)C4)C(CC)(C3)C2)COC1. The van der Waals surface area contributed by atoms with Gasteiger partial charge in [-0.15, -0.1) is 0 Å². The quantitative estimate of drug-likeness (QED) is 0.161. The molecule has 2 heterocycles. The van der Waals surface area contributed by atoms with Crippen LogP contribution >= 0.6 is 0 Å². The van der Waals surface area contributed by atoms with E-state index in [2.05, 4.69) is 34.6 Å². The lowest BCUT2D eigenvalue weighted by atomic mass is 9.58. The summed E-state index contributed by atoms with van der Waals surface area (Å²) < 4.78 is 38.5. The van der Waals surface area contributed by atoms with Crippen LogP contribution in [-0.2, 0) is 28.4 Å². The third-order valence-electron chi connectivity index (χ3n) is 14.9. The highest BCUT2D eigenvalue weighted by atomic mass is 16.5. The van der Waals surface area contributed by atoms with Crippen molar-refractivity contribution in [3.63, 3.8) is 0 Å². The molecule has 1 N–H and O–H groups in total. The molecule has 0 radical (unpaired) electrons. The highest BCUT2D eigenvalue weighted by Crippen LogP contribution is 2.55. The molecule has 0 aromatic carbocycles. The first-order valence-electron chi connectivity index (χ1n) is 19.9. The number of rotatable bonds is 18. The summed E-state index contributed by atoms with van der Waals surface area (Å²) in [5, 5.41) is 10.9. The predicted octanol–water partition coefficient (Wildman–Crippen LogP) is 7.75. The Hall–Kier alpha value is -0.280. The molecule has 9 atom stereocenters. The van der Waals surface area contributed by atoms with Crippen LogP contribution in [0.25, 0.3) is 0 Å². The molecule has 6 fully saturated rings. The minimum atomic E-state index is -0.367. The van der Waals surface area contributed by atoms with Crippen molar-refractivity contribution >= 4 is 0 Å². The van der Waals surface area contributed by atoms with Crippen molar-refractivity contribution < 1.29 is 33.5 Å². The van der Waals surface area contributed by atoms with Crippen LogP contribution in [0, 0.1) is 38.9 Å². The third kappa shape index (κ3) is 7.53. The molecule has 0 amide bonds. The lowest BCUT2D eigenvalue weighted by Crippen LogP contribution is -2.53. The largest absolute Gasteiger partial charge is 0.396 e. The molecule has 4 saturated carbocycles. The number of ether oxygens (including phenoxy) is 6. The molecule has 4 aliphatic carbocycles. The van der Waals surface area contributed by atoms with E-state index >= 15 is 0 Å². The zero-order valence-corrected chi connectivity index (χ0v) is 30.8. The molecule has 47 heavy (non-hydrogen) atoms.